The molecule has 5 atom stereocenters. The van der Waals surface area contributed by atoms with Crippen molar-refractivity contribution in [2.75, 3.05) is 0 Å². The third-order valence-electron chi connectivity index (χ3n) is 8.24. The highest BCUT2D eigenvalue weighted by Crippen LogP contribution is 2.20. The van der Waals surface area contributed by atoms with Crippen molar-refractivity contribution in [1.29, 1.82) is 0 Å². The number of aromatic nitrogens is 1. The summed E-state index contributed by atoms with van der Waals surface area (Å²) in [5, 5.41) is 38.0. The van der Waals surface area contributed by atoms with Gasteiger partial charge >= 0.3 is 5.97 Å². The molecule has 9 N–H and O–H groups in total. The molecule has 12 heteroatoms. The summed E-state index contributed by atoms with van der Waals surface area (Å²) in [4.78, 5) is 56.1. The summed E-state index contributed by atoms with van der Waals surface area (Å²) in [6.45, 7) is 3.66. The molecule has 12 nitrogen and oxygen atoms in total. The first-order chi connectivity index (χ1) is 22.4. The number of hydrogen-bond acceptors (Lipinski definition) is 7. The van der Waals surface area contributed by atoms with Crippen LogP contribution < -0.4 is 21.7 Å². The summed E-state index contributed by atoms with van der Waals surface area (Å²) in [5.41, 5.74) is 9.05. The summed E-state index contributed by atoms with van der Waals surface area (Å²) in [7, 11) is 0. The number of aliphatic carboxylic acids is 1. The van der Waals surface area contributed by atoms with Crippen molar-refractivity contribution in [3.8, 4) is 11.5 Å². The number of hydrogen-bond donors (Lipinski definition) is 8. The fourth-order valence-corrected chi connectivity index (χ4v) is 5.27. The normalized spacial score (nSPS) is 14.4. The lowest BCUT2D eigenvalue weighted by atomic mass is 9.96. The van der Waals surface area contributed by atoms with E-state index in [-0.39, 0.29) is 36.7 Å². The molecule has 3 amide bonds. The summed E-state index contributed by atoms with van der Waals surface area (Å²) in [5.74, 6) is -3.38. The second-order valence-corrected chi connectivity index (χ2v) is 11.7. The van der Waals surface area contributed by atoms with Crippen LogP contribution in [-0.4, -0.2) is 68.2 Å². The zero-order valence-electron chi connectivity index (χ0n) is 26.3. The molecule has 0 aliphatic heterocycles. The van der Waals surface area contributed by atoms with Gasteiger partial charge in [-0.05, 0) is 59.4 Å². The van der Waals surface area contributed by atoms with Crippen molar-refractivity contribution < 1.29 is 34.5 Å². The van der Waals surface area contributed by atoms with E-state index in [2.05, 4.69) is 20.9 Å². The van der Waals surface area contributed by atoms with Crippen molar-refractivity contribution in [2.45, 2.75) is 63.7 Å². The third-order valence-corrected chi connectivity index (χ3v) is 8.24. The molecular weight excluding hydrogens is 602 g/mol. The van der Waals surface area contributed by atoms with Gasteiger partial charge in [-0.2, -0.15) is 0 Å². The van der Waals surface area contributed by atoms with E-state index in [1.807, 2.05) is 31.2 Å². The maximum absolute atomic E-state index is 13.8. The highest BCUT2D eigenvalue weighted by Gasteiger charge is 2.33. The number of carbonyl (C=O) groups is 4. The molecule has 0 radical (unpaired) electrons. The number of phenols is 2. The molecular formula is C35H41N5O7. The van der Waals surface area contributed by atoms with Crippen LogP contribution in [0.25, 0.3) is 10.9 Å². The molecule has 5 unspecified atom stereocenters. The maximum Gasteiger partial charge on any atom is 0.326 e. The van der Waals surface area contributed by atoms with E-state index in [1.165, 1.54) is 24.3 Å². The zero-order chi connectivity index (χ0) is 34.1. The number of aromatic hydroxyl groups is 2. The molecule has 4 rings (SSSR count). The molecule has 47 heavy (non-hydrogen) atoms. The number of aromatic amines is 1. The number of para-hydroxylation sites is 1. The van der Waals surface area contributed by atoms with Crippen LogP contribution in [0.15, 0.2) is 79.0 Å². The smallest absolute Gasteiger partial charge is 0.326 e. The molecule has 0 saturated carbocycles. The molecule has 4 aromatic rings. The number of nitrogens with one attached hydrogen (secondary N) is 4. The van der Waals surface area contributed by atoms with Crippen molar-refractivity contribution in [1.82, 2.24) is 20.9 Å². The average Bonchev–Trinajstić information content (AvgIpc) is 3.46. The lowest BCUT2D eigenvalue weighted by Crippen LogP contribution is -2.59. The Balaban J connectivity index is 1.55. The van der Waals surface area contributed by atoms with E-state index in [4.69, 9.17) is 5.73 Å². The van der Waals surface area contributed by atoms with Crippen LogP contribution in [0.5, 0.6) is 11.5 Å². The van der Waals surface area contributed by atoms with E-state index < -0.39 is 47.9 Å². The van der Waals surface area contributed by atoms with Crippen LogP contribution in [0.4, 0.5) is 0 Å². The minimum atomic E-state index is -1.32. The summed E-state index contributed by atoms with van der Waals surface area (Å²) >= 11 is 0. The Morgan fingerprint density at radius 3 is 1.91 bits per heavy atom. The van der Waals surface area contributed by atoms with Gasteiger partial charge < -0.3 is 42.0 Å². The average molecular weight is 644 g/mol. The highest BCUT2D eigenvalue weighted by atomic mass is 16.4. The van der Waals surface area contributed by atoms with Gasteiger partial charge in [0.05, 0.1) is 6.04 Å². The molecule has 0 aliphatic rings. The lowest BCUT2D eigenvalue weighted by molar-refractivity contribution is -0.142. The van der Waals surface area contributed by atoms with Gasteiger partial charge in [-0.3, -0.25) is 14.4 Å². The van der Waals surface area contributed by atoms with Gasteiger partial charge in [0, 0.05) is 29.9 Å². The van der Waals surface area contributed by atoms with Crippen molar-refractivity contribution in [3.05, 3.63) is 95.7 Å². The van der Waals surface area contributed by atoms with Crippen molar-refractivity contribution >= 4 is 34.6 Å². The number of amides is 3. The van der Waals surface area contributed by atoms with Crippen LogP contribution >= 0.6 is 0 Å². The number of H-pyrrole nitrogens is 1. The quantitative estimate of drug-likeness (QED) is 0.0963. The van der Waals surface area contributed by atoms with Crippen LogP contribution in [-0.2, 0) is 38.4 Å². The number of nitrogens with two attached hydrogens (primary N) is 1. The van der Waals surface area contributed by atoms with Gasteiger partial charge in [0.2, 0.25) is 17.7 Å². The van der Waals surface area contributed by atoms with E-state index >= 15 is 0 Å². The summed E-state index contributed by atoms with van der Waals surface area (Å²) < 4.78 is 0. The zero-order valence-corrected chi connectivity index (χ0v) is 26.3. The molecule has 0 fully saturated rings. The number of carbonyl (C=O) groups excluding carboxylic acids is 3. The molecule has 0 spiro atoms. The molecule has 248 valence electrons. The molecule has 0 bridgehead atoms. The second kappa shape index (κ2) is 15.8. The Bertz CT molecular complexity index is 1690. The monoisotopic (exact) mass is 643 g/mol. The van der Waals surface area contributed by atoms with Gasteiger partial charge in [-0.25, -0.2) is 4.79 Å². The van der Waals surface area contributed by atoms with Crippen LogP contribution in [0.2, 0.25) is 0 Å². The molecule has 1 aromatic heterocycles. The van der Waals surface area contributed by atoms with E-state index in [9.17, 15) is 34.5 Å². The topological polar surface area (TPSA) is 207 Å². The minimum Gasteiger partial charge on any atom is -0.508 e. The first-order valence-corrected chi connectivity index (χ1v) is 15.5. The largest absolute Gasteiger partial charge is 0.508 e. The second-order valence-electron chi connectivity index (χ2n) is 11.7. The standard InChI is InChI=1S/C35H41N5O7/c1-3-20(2)31(40-32(43)27(36)16-21-8-12-24(41)13-9-21)34(45)38-29(18-23-19-37-28-7-5-4-6-26(23)28)33(44)39-30(35(46)47)17-22-10-14-25(42)15-11-22/h4-15,19-20,27,29-31,37,41-42H,3,16-18,36H2,1-2H3,(H,38,45)(H,39,44)(H,40,43)(H,46,47). The number of carboxylic acid groups (broad SMARTS) is 1. The summed E-state index contributed by atoms with van der Waals surface area (Å²) in [6, 6.07) is 15.2. The predicted octanol–water partition coefficient (Wildman–Crippen LogP) is 2.52. The third kappa shape index (κ3) is 9.33. The maximum atomic E-state index is 13.8. The van der Waals surface area contributed by atoms with Crippen molar-refractivity contribution in [2.24, 2.45) is 11.7 Å². The van der Waals surface area contributed by atoms with E-state index in [0.29, 0.717) is 12.0 Å². The molecule has 0 saturated heterocycles. The van der Waals surface area contributed by atoms with Crippen LogP contribution in [0, 0.1) is 5.92 Å². The van der Waals surface area contributed by atoms with Gasteiger partial charge in [0.1, 0.15) is 29.6 Å². The molecule has 1 heterocycles. The van der Waals surface area contributed by atoms with E-state index in [0.717, 1.165) is 22.0 Å². The Hall–Kier alpha value is -5.36. The fraction of sp³-hybridized carbons (Fsp3) is 0.314. The van der Waals surface area contributed by atoms with Gasteiger partial charge in [-0.15, -0.1) is 0 Å². The van der Waals surface area contributed by atoms with Gasteiger partial charge in [0.25, 0.3) is 0 Å². The Morgan fingerprint density at radius 1 is 0.745 bits per heavy atom. The Kier molecular flexibility index (Phi) is 11.6. The molecule has 3 aromatic carbocycles. The highest BCUT2D eigenvalue weighted by molar-refractivity contribution is 5.95. The van der Waals surface area contributed by atoms with Crippen molar-refractivity contribution in [3.63, 3.8) is 0 Å². The summed E-state index contributed by atoms with van der Waals surface area (Å²) in [6.07, 6.45) is 2.41. The first kappa shape index (κ1) is 34.5. The Morgan fingerprint density at radius 2 is 1.32 bits per heavy atom. The number of carboxylic acids is 1. The molecule has 0 aliphatic carbocycles. The van der Waals surface area contributed by atoms with Crippen LogP contribution in [0.3, 0.4) is 0 Å². The SMILES string of the molecule is CCC(C)C(NC(=O)C(N)Cc1ccc(O)cc1)C(=O)NC(Cc1c[nH]c2ccccc12)C(=O)NC(Cc1ccc(O)cc1)C(=O)O. The number of benzene rings is 3. The number of rotatable bonds is 15. The van der Waals surface area contributed by atoms with Gasteiger partial charge in [0.15, 0.2) is 0 Å². The van der Waals surface area contributed by atoms with Gasteiger partial charge in [-0.1, -0.05) is 62.7 Å². The van der Waals surface area contributed by atoms with Crippen LogP contribution in [0.1, 0.15) is 37.0 Å². The predicted molar refractivity (Wildman–Crippen MR) is 176 cm³/mol. The Labute approximate surface area is 272 Å². The fourth-order valence-electron chi connectivity index (χ4n) is 5.27. The first-order valence-electron chi connectivity index (χ1n) is 15.5. The minimum absolute atomic E-state index is 0.0235. The van der Waals surface area contributed by atoms with E-state index in [1.54, 1.807) is 37.4 Å². The number of phenolic OH excluding ortho intramolecular Hbond substituents is 2. The lowest BCUT2D eigenvalue weighted by Gasteiger charge is -2.28. The number of fused-ring (bicyclic) bond motifs is 1.